The summed E-state index contributed by atoms with van der Waals surface area (Å²) in [6.07, 6.45) is 11.8. The van der Waals surface area contributed by atoms with Gasteiger partial charge in [0.25, 0.3) is 5.91 Å². The van der Waals surface area contributed by atoms with Crippen LogP contribution >= 0.6 is 0 Å². The molecular weight excluding hydrogens is 290 g/mol. The molecule has 0 saturated carbocycles. The molecule has 0 aliphatic carbocycles. The Morgan fingerprint density at radius 2 is 2.09 bits per heavy atom. The van der Waals surface area contributed by atoms with Crippen molar-refractivity contribution in [2.75, 3.05) is 26.2 Å². The van der Waals surface area contributed by atoms with Gasteiger partial charge in [0.15, 0.2) is 0 Å². The predicted molar refractivity (Wildman–Crippen MR) is 88.6 cm³/mol. The van der Waals surface area contributed by atoms with Crippen molar-refractivity contribution in [3.63, 3.8) is 0 Å². The number of imidazole rings is 1. The maximum atomic E-state index is 12.2. The minimum atomic E-state index is -0.0487. The number of carbonyl (C=O) groups excluding carboxylic acids is 1. The lowest BCUT2D eigenvalue weighted by atomic mass is 10.1. The average molecular weight is 313 g/mol. The normalized spacial score (nSPS) is 15.5. The molecule has 0 radical (unpaired) electrons. The fourth-order valence-corrected chi connectivity index (χ4v) is 2.89. The Bertz CT molecular complexity index is 620. The summed E-state index contributed by atoms with van der Waals surface area (Å²) in [7, 11) is 0. The summed E-state index contributed by atoms with van der Waals surface area (Å²) in [4.78, 5) is 23.0. The van der Waals surface area contributed by atoms with Crippen molar-refractivity contribution in [2.45, 2.75) is 25.7 Å². The van der Waals surface area contributed by atoms with Gasteiger partial charge in [0.05, 0.1) is 0 Å². The fraction of sp³-hybridized carbons (Fsp3) is 0.471. The highest BCUT2D eigenvalue weighted by Gasteiger charge is 2.10. The van der Waals surface area contributed by atoms with E-state index < -0.39 is 0 Å². The zero-order valence-electron chi connectivity index (χ0n) is 13.3. The highest BCUT2D eigenvalue weighted by molar-refractivity contribution is 5.94. The number of aromatic nitrogens is 3. The minimum Gasteiger partial charge on any atom is -0.352 e. The molecule has 6 heteroatoms. The lowest BCUT2D eigenvalue weighted by Gasteiger charge is -2.26. The third-order valence-electron chi connectivity index (χ3n) is 4.16. The molecule has 2 aromatic heterocycles. The molecule has 1 N–H and O–H groups in total. The Morgan fingerprint density at radius 3 is 2.87 bits per heavy atom. The van der Waals surface area contributed by atoms with E-state index in [4.69, 9.17) is 0 Å². The Morgan fingerprint density at radius 1 is 1.22 bits per heavy atom. The van der Waals surface area contributed by atoms with Crippen LogP contribution in [0.1, 0.15) is 36.0 Å². The highest BCUT2D eigenvalue weighted by Crippen LogP contribution is 2.09. The third-order valence-corrected chi connectivity index (χ3v) is 4.16. The minimum absolute atomic E-state index is 0.0487. The first kappa shape index (κ1) is 15.7. The standard InChI is InChI=1S/C17H23N5O/c23-17(20-6-4-11-21-9-2-1-3-10-21)15-5-7-19-16(13-15)22-12-8-18-14-22/h5,7-8,12-14H,1-4,6,9-11H2,(H,20,23). The maximum absolute atomic E-state index is 12.2. The van der Waals surface area contributed by atoms with Crippen molar-refractivity contribution in [3.05, 3.63) is 42.6 Å². The van der Waals surface area contributed by atoms with E-state index in [-0.39, 0.29) is 5.91 Å². The summed E-state index contributed by atoms with van der Waals surface area (Å²) in [5.41, 5.74) is 0.627. The van der Waals surface area contributed by atoms with Crippen LogP contribution in [0.25, 0.3) is 5.82 Å². The van der Waals surface area contributed by atoms with E-state index in [1.165, 1.54) is 32.4 Å². The number of likely N-dealkylation sites (tertiary alicyclic amines) is 1. The van der Waals surface area contributed by atoms with Crippen molar-refractivity contribution in [1.82, 2.24) is 24.8 Å². The Labute approximate surface area is 136 Å². The zero-order valence-corrected chi connectivity index (χ0v) is 13.3. The number of piperidine rings is 1. The van der Waals surface area contributed by atoms with Gasteiger partial charge in [-0.1, -0.05) is 6.42 Å². The van der Waals surface area contributed by atoms with E-state index in [9.17, 15) is 4.79 Å². The lowest BCUT2D eigenvalue weighted by Crippen LogP contribution is -2.33. The molecule has 1 saturated heterocycles. The van der Waals surface area contributed by atoms with Crippen molar-refractivity contribution in [3.8, 4) is 5.82 Å². The second-order valence-electron chi connectivity index (χ2n) is 5.88. The van der Waals surface area contributed by atoms with Crippen molar-refractivity contribution in [2.24, 2.45) is 0 Å². The van der Waals surface area contributed by atoms with Gasteiger partial charge in [-0.05, 0) is 51.0 Å². The Kier molecular flexibility index (Phi) is 5.37. The van der Waals surface area contributed by atoms with Crippen LogP contribution in [0.4, 0.5) is 0 Å². The second-order valence-corrected chi connectivity index (χ2v) is 5.88. The molecule has 2 aromatic rings. The monoisotopic (exact) mass is 313 g/mol. The van der Waals surface area contributed by atoms with Gasteiger partial charge in [-0.15, -0.1) is 0 Å². The molecule has 1 amide bonds. The smallest absolute Gasteiger partial charge is 0.251 e. The van der Waals surface area contributed by atoms with Crippen LogP contribution in [0.3, 0.4) is 0 Å². The van der Waals surface area contributed by atoms with E-state index in [0.717, 1.165) is 13.0 Å². The van der Waals surface area contributed by atoms with Gasteiger partial charge in [-0.2, -0.15) is 0 Å². The van der Waals surface area contributed by atoms with Gasteiger partial charge in [0.1, 0.15) is 12.1 Å². The molecule has 3 rings (SSSR count). The highest BCUT2D eigenvalue weighted by atomic mass is 16.1. The predicted octanol–water partition coefficient (Wildman–Crippen LogP) is 1.87. The summed E-state index contributed by atoms with van der Waals surface area (Å²) >= 11 is 0. The van der Waals surface area contributed by atoms with Gasteiger partial charge in [0.2, 0.25) is 0 Å². The molecule has 0 bridgehead atoms. The van der Waals surface area contributed by atoms with Gasteiger partial charge in [-0.3, -0.25) is 9.36 Å². The number of hydrogen-bond donors (Lipinski definition) is 1. The number of amides is 1. The fourth-order valence-electron chi connectivity index (χ4n) is 2.89. The van der Waals surface area contributed by atoms with Crippen LogP contribution in [-0.2, 0) is 0 Å². The number of rotatable bonds is 6. The first-order chi connectivity index (χ1) is 11.3. The zero-order chi connectivity index (χ0) is 15.9. The average Bonchev–Trinajstić information content (AvgIpc) is 3.14. The molecule has 1 aliphatic rings. The molecule has 0 atom stereocenters. The quantitative estimate of drug-likeness (QED) is 0.827. The first-order valence-electron chi connectivity index (χ1n) is 8.28. The van der Waals surface area contributed by atoms with E-state index >= 15 is 0 Å². The molecular formula is C17H23N5O. The van der Waals surface area contributed by atoms with Crippen LogP contribution in [0.2, 0.25) is 0 Å². The molecule has 1 aliphatic heterocycles. The number of carbonyl (C=O) groups is 1. The molecule has 0 unspecified atom stereocenters. The van der Waals surface area contributed by atoms with Gasteiger partial charge in [0, 0.05) is 30.7 Å². The Balaban J connectivity index is 1.47. The van der Waals surface area contributed by atoms with Gasteiger partial charge in [-0.25, -0.2) is 9.97 Å². The summed E-state index contributed by atoms with van der Waals surface area (Å²) in [6.45, 7) is 4.17. The van der Waals surface area contributed by atoms with Crippen molar-refractivity contribution < 1.29 is 4.79 Å². The topological polar surface area (TPSA) is 63.1 Å². The molecule has 0 spiro atoms. The van der Waals surface area contributed by atoms with Crippen molar-refractivity contribution in [1.29, 1.82) is 0 Å². The van der Waals surface area contributed by atoms with Crippen LogP contribution in [0.5, 0.6) is 0 Å². The number of hydrogen-bond acceptors (Lipinski definition) is 4. The molecule has 1 fully saturated rings. The second kappa shape index (κ2) is 7.87. The van der Waals surface area contributed by atoms with E-state index in [0.29, 0.717) is 17.9 Å². The van der Waals surface area contributed by atoms with Gasteiger partial charge < -0.3 is 10.2 Å². The largest absolute Gasteiger partial charge is 0.352 e. The lowest BCUT2D eigenvalue weighted by molar-refractivity contribution is 0.0951. The summed E-state index contributed by atoms with van der Waals surface area (Å²) in [6, 6.07) is 3.52. The molecule has 23 heavy (non-hydrogen) atoms. The van der Waals surface area contributed by atoms with Crippen LogP contribution in [0.15, 0.2) is 37.1 Å². The summed E-state index contributed by atoms with van der Waals surface area (Å²) in [5.74, 6) is 0.649. The number of nitrogens with one attached hydrogen (secondary N) is 1. The summed E-state index contributed by atoms with van der Waals surface area (Å²) in [5, 5.41) is 2.99. The van der Waals surface area contributed by atoms with Crippen LogP contribution in [-0.4, -0.2) is 51.5 Å². The number of pyridine rings is 1. The maximum Gasteiger partial charge on any atom is 0.251 e. The van der Waals surface area contributed by atoms with Crippen LogP contribution < -0.4 is 5.32 Å². The molecule has 122 valence electrons. The van der Waals surface area contributed by atoms with E-state index in [1.54, 1.807) is 35.4 Å². The van der Waals surface area contributed by atoms with E-state index in [2.05, 4.69) is 20.2 Å². The molecule has 6 nitrogen and oxygen atoms in total. The molecule has 3 heterocycles. The van der Waals surface area contributed by atoms with Gasteiger partial charge >= 0.3 is 0 Å². The summed E-state index contributed by atoms with van der Waals surface area (Å²) < 4.78 is 1.78. The first-order valence-corrected chi connectivity index (χ1v) is 8.28. The SMILES string of the molecule is O=C(NCCCN1CCCCC1)c1ccnc(-n2ccnc2)c1. The van der Waals surface area contributed by atoms with Crippen molar-refractivity contribution >= 4 is 5.91 Å². The number of nitrogens with zero attached hydrogens (tertiary/aromatic N) is 4. The third kappa shape index (κ3) is 4.39. The van der Waals surface area contributed by atoms with Crippen LogP contribution in [0, 0.1) is 0 Å². The molecule has 0 aromatic carbocycles. The van der Waals surface area contributed by atoms with E-state index in [1.807, 2.05) is 6.20 Å². The Hall–Kier alpha value is -2.21.